The third-order valence-electron chi connectivity index (χ3n) is 2.39. The molecule has 0 saturated carbocycles. The van der Waals surface area contributed by atoms with E-state index in [1.54, 1.807) is 13.8 Å². The third-order valence-corrected chi connectivity index (χ3v) is 2.39. The standard InChI is InChI=1S/C11H23BO3/c1-9(10(12)5-4-7-13)15-8-6-11(2,3)14/h9-10,13-14H,4-8H2,1-3H3. The van der Waals surface area contributed by atoms with Gasteiger partial charge in [-0.25, -0.2) is 0 Å². The quantitative estimate of drug-likeness (QED) is 0.598. The average Bonchev–Trinajstić information content (AvgIpc) is 2.11. The Balaban J connectivity index is 3.59. The summed E-state index contributed by atoms with van der Waals surface area (Å²) in [5, 5.41) is 18.1. The fourth-order valence-electron chi connectivity index (χ4n) is 1.18. The number of aliphatic hydroxyl groups is 2. The largest absolute Gasteiger partial charge is 0.396 e. The van der Waals surface area contributed by atoms with E-state index in [1.807, 2.05) is 6.92 Å². The van der Waals surface area contributed by atoms with Gasteiger partial charge in [0, 0.05) is 19.3 Å². The van der Waals surface area contributed by atoms with Gasteiger partial charge in [0.05, 0.1) is 13.4 Å². The van der Waals surface area contributed by atoms with Crippen molar-refractivity contribution in [2.75, 3.05) is 13.2 Å². The number of aliphatic hydroxyl groups excluding tert-OH is 1. The minimum absolute atomic E-state index is 0.0288. The molecule has 2 radical (unpaired) electrons. The van der Waals surface area contributed by atoms with Gasteiger partial charge in [-0.1, -0.05) is 12.2 Å². The maximum atomic E-state index is 9.47. The Morgan fingerprint density at radius 2 is 2.00 bits per heavy atom. The van der Waals surface area contributed by atoms with E-state index in [9.17, 15) is 5.11 Å². The summed E-state index contributed by atoms with van der Waals surface area (Å²) in [6, 6.07) is 0. The van der Waals surface area contributed by atoms with Crippen LogP contribution in [0.1, 0.15) is 40.0 Å². The normalized spacial score (nSPS) is 16.3. The molecule has 0 spiro atoms. The Morgan fingerprint density at radius 1 is 1.40 bits per heavy atom. The van der Waals surface area contributed by atoms with E-state index >= 15 is 0 Å². The second-order valence-electron chi connectivity index (χ2n) is 4.67. The fraction of sp³-hybridized carbons (Fsp3) is 1.00. The molecule has 0 heterocycles. The highest BCUT2D eigenvalue weighted by Crippen LogP contribution is 2.17. The van der Waals surface area contributed by atoms with Crippen LogP contribution in [0, 0.1) is 0 Å². The van der Waals surface area contributed by atoms with Crippen LogP contribution in [-0.4, -0.2) is 43.0 Å². The Bertz CT molecular complexity index is 156. The summed E-state index contributed by atoms with van der Waals surface area (Å²) in [6.45, 7) is 6.12. The molecule has 2 unspecified atom stereocenters. The molecule has 0 amide bonds. The highest BCUT2D eigenvalue weighted by molar-refractivity contribution is 6.12. The molecule has 0 aromatic rings. The highest BCUT2D eigenvalue weighted by atomic mass is 16.5. The highest BCUT2D eigenvalue weighted by Gasteiger charge is 2.15. The predicted octanol–water partition coefficient (Wildman–Crippen LogP) is 1.28. The molecule has 4 heteroatoms. The van der Waals surface area contributed by atoms with Crippen molar-refractivity contribution >= 4 is 7.85 Å². The maximum Gasteiger partial charge on any atom is 0.0734 e. The summed E-state index contributed by atoms with van der Waals surface area (Å²) in [6.07, 6.45) is 2.05. The Hall–Kier alpha value is -0.0551. The van der Waals surface area contributed by atoms with Crippen molar-refractivity contribution in [2.24, 2.45) is 0 Å². The first kappa shape index (κ1) is 14.9. The minimum atomic E-state index is -0.686. The summed E-state index contributed by atoms with van der Waals surface area (Å²) in [5.41, 5.74) is -0.686. The molecule has 0 fully saturated rings. The Morgan fingerprint density at radius 3 is 2.47 bits per heavy atom. The topological polar surface area (TPSA) is 49.7 Å². The molecule has 2 N–H and O–H groups in total. The Labute approximate surface area is 94.2 Å². The third kappa shape index (κ3) is 8.91. The molecule has 0 saturated heterocycles. The van der Waals surface area contributed by atoms with Crippen molar-refractivity contribution in [3.05, 3.63) is 0 Å². The van der Waals surface area contributed by atoms with Gasteiger partial charge in [0.2, 0.25) is 0 Å². The summed E-state index contributed by atoms with van der Waals surface area (Å²) in [7, 11) is 5.85. The molecule has 15 heavy (non-hydrogen) atoms. The van der Waals surface area contributed by atoms with Gasteiger partial charge >= 0.3 is 0 Å². The van der Waals surface area contributed by atoms with Crippen molar-refractivity contribution in [1.29, 1.82) is 0 Å². The summed E-state index contributed by atoms with van der Waals surface area (Å²) >= 11 is 0. The lowest BCUT2D eigenvalue weighted by Crippen LogP contribution is -2.24. The average molecular weight is 214 g/mol. The van der Waals surface area contributed by atoms with Crippen molar-refractivity contribution in [3.8, 4) is 0 Å². The van der Waals surface area contributed by atoms with Gasteiger partial charge in [-0.2, -0.15) is 0 Å². The van der Waals surface area contributed by atoms with E-state index in [4.69, 9.17) is 17.7 Å². The lowest BCUT2D eigenvalue weighted by molar-refractivity contribution is 0.00143. The lowest BCUT2D eigenvalue weighted by atomic mass is 9.79. The van der Waals surface area contributed by atoms with Crippen LogP contribution in [0.25, 0.3) is 0 Å². The van der Waals surface area contributed by atoms with Gasteiger partial charge in [0.15, 0.2) is 0 Å². The zero-order chi connectivity index (χ0) is 11.9. The molecular weight excluding hydrogens is 191 g/mol. The maximum absolute atomic E-state index is 9.47. The fourth-order valence-corrected chi connectivity index (χ4v) is 1.18. The monoisotopic (exact) mass is 214 g/mol. The summed E-state index contributed by atoms with van der Waals surface area (Å²) in [5.74, 6) is -0.0426. The van der Waals surface area contributed by atoms with Gasteiger partial charge in [-0.3, -0.25) is 0 Å². The summed E-state index contributed by atoms with van der Waals surface area (Å²) < 4.78 is 5.51. The first-order valence-electron chi connectivity index (χ1n) is 5.57. The van der Waals surface area contributed by atoms with Crippen molar-refractivity contribution in [3.63, 3.8) is 0 Å². The first-order chi connectivity index (χ1) is 6.87. The van der Waals surface area contributed by atoms with Gasteiger partial charge in [0.25, 0.3) is 0 Å². The lowest BCUT2D eigenvalue weighted by Gasteiger charge is -2.23. The molecule has 0 aromatic heterocycles. The van der Waals surface area contributed by atoms with Gasteiger partial charge in [-0.15, -0.1) is 0 Å². The molecule has 0 aliphatic heterocycles. The SMILES string of the molecule is [B]C(CCCO)C(C)OCCC(C)(C)O. The van der Waals surface area contributed by atoms with Crippen LogP contribution in [0.5, 0.6) is 0 Å². The predicted molar refractivity (Wildman–Crippen MR) is 62.2 cm³/mol. The first-order valence-corrected chi connectivity index (χ1v) is 5.57. The zero-order valence-electron chi connectivity index (χ0n) is 10.1. The number of ether oxygens (including phenoxy) is 1. The number of rotatable bonds is 8. The van der Waals surface area contributed by atoms with Crippen LogP contribution in [0.2, 0.25) is 5.82 Å². The zero-order valence-corrected chi connectivity index (χ0v) is 10.1. The molecule has 0 aliphatic rings. The van der Waals surface area contributed by atoms with Crippen LogP contribution in [0.3, 0.4) is 0 Å². The molecule has 3 nitrogen and oxygen atoms in total. The van der Waals surface area contributed by atoms with Crippen LogP contribution >= 0.6 is 0 Å². The van der Waals surface area contributed by atoms with Crippen LogP contribution < -0.4 is 0 Å². The van der Waals surface area contributed by atoms with Crippen LogP contribution in [0.15, 0.2) is 0 Å². The molecule has 0 rings (SSSR count). The molecule has 0 aliphatic carbocycles. The van der Waals surface area contributed by atoms with E-state index in [0.717, 1.165) is 6.42 Å². The van der Waals surface area contributed by atoms with Gasteiger partial charge < -0.3 is 14.9 Å². The molecule has 2 atom stereocenters. The smallest absolute Gasteiger partial charge is 0.0734 e. The number of hydrogen-bond acceptors (Lipinski definition) is 3. The van der Waals surface area contributed by atoms with Gasteiger partial charge in [-0.05, 0) is 33.6 Å². The van der Waals surface area contributed by atoms with E-state index in [-0.39, 0.29) is 18.5 Å². The van der Waals surface area contributed by atoms with E-state index in [1.165, 1.54) is 0 Å². The van der Waals surface area contributed by atoms with E-state index in [2.05, 4.69) is 0 Å². The summed E-state index contributed by atoms with van der Waals surface area (Å²) in [4.78, 5) is 0. The molecule has 0 bridgehead atoms. The molecule has 88 valence electrons. The molecular formula is C11H23BO3. The van der Waals surface area contributed by atoms with E-state index < -0.39 is 5.60 Å². The second kappa shape index (κ2) is 7.26. The molecule has 0 aromatic carbocycles. The van der Waals surface area contributed by atoms with Crippen molar-refractivity contribution in [1.82, 2.24) is 0 Å². The number of hydrogen-bond donors (Lipinski definition) is 2. The van der Waals surface area contributed by atoms with E-state index in [0.29, 0.717) is 19.4 Å². The van der Waals surface area contributed by atoms with Gasteiger partial charge in [0.1, 0.15) is 0 Å². The minimum Gasteiger partial charge on any atom is -0.396 e. The van der Waals surface area contributed by atoms with Crippen LogP contribution in [0.4, 0.5) is 0 Å². The van der Waals surface area contributed by atoms with Crippen molar-refractivity contribution in [2.45, 2.75) is 57.6 Å². The Kier molecular flexibility index (Phi) is 7.23. The van der Waals surface area contributed by atoms with Crippen LogP contribution in [-0.2, 0) is 4.74 Å². The second-order valence-corrected chi connectivity index (χ2v) is 4.67. The van der Waals surface area contributed by atoms with Crippen molar-refractivity contribution < 1.29 is 14.9 Å².